The average molecular weight is 301 g/mol. The molecule has 7 heteroatoms. The zero-order valence-electron chi connectivity index (χ0n) is 11.5. The summed E-state index contributed by atoms with van der Waals surface area (Å²) in [6, 6.07) is 5.05. The first-order chi connectivity index (χ1) is 9.91. The van der Waals surface area contributed by atoms with E-state index in [2.05, 4.69) is 5.16 Å². The van der Waals surface area contributed by atoms with Crippen LogP contribution >= 0.6 is 0 Å². The number of benzene rings is 1. The van der Waals surface area contributed by atoms with Crippen molar-refractivity contribution in [3.63, 3.8) is 0 Å². The molecule has 0 amide bonds. The van der Waals surface area contributed by atoms with Gasteiger partial charge >= 0.3 is 6.18 Å². The predicted octanol–water partition coefficient (Wildman–Crippen LogP) is 2.81. The van der Waals surface area contributed by atoms with E-state index in [1.807, 2.05) is 4.90 Å². The number of amidine groups is 1. The van der Waals surface area contributed by atoms with Crippen LogP contribution in [0.15, 0.2) is 29.4 Å². The van der Waals surface area contributed by atoms with Crippen LogP contribution in [0.25, 0.3) is 0 Å². The van der Waals surface area contributed by atoms with Gasteiger partial charge in [-0.15, -0.1) is 0 Å². The van der Waals surface area contributed by atoms with Crippen LogP contribution < -0.4 is 5.73 Å². The molecular weight excluding hydrogens is 283 g/mol. The summed E-state index contributed by atoms with van der Waals surface area (Å²) in [5.41, 5.74) is 5.59. The van der Waals surface area contributed by atoms with Crippen molar-refractivity contribution in [2.75, 3.05) is 6.54 Å². The molecule has 1 aromatic rings. The monoisotopic (exact) mass is 301 g/mol. The number of halogens is 3. The zero-order chi connectivity index (χ0) is 15.5. The lowest BCUT2D eigenvalue weighted by Crippen LogP contribution is -2.47. The zero-order valence-corrected chi connectivity index (χ0v) is 11.5. The smallest absolute Gasteiger partial charge is 0.409 e. The summed E-state index contributed by atoms with van der Waals surface area (Å²) in [6.07, 6.45) is -1.69. The van der Waals surface area contributed by atoms with E-state index in [1.54, 1.807) is 6.07 Å². The number of alkyl halides is 3. The van der Waals surface area contributed by atoms with E-state index in [1.165, 1.54) is 6.07 Å². The minimum atomic E-state index is -4.34. The maximum absolute atomic E-state index is 12.7. The molecule has 0 spiro atoms. The minimum absolute atomic E-state index is 0.113. The van der Waals surface area contributed by atoms with Gasteiger partial charge in [-0.1, -0.05) is 29.8 Å². The van der Waals surface area contributed by atoms with Crippen LogP contribution in [-0.2, 0) is 12.7 Å². The molecule has 3 N–H and O–H groups in total. The van der Waals surface area contributed by atoms with Crippen LogP contribution in [0.4, 0.5) is 13.2 Å². The van der Waals surface area contributed by atoms with Crippen molar-refractivity contribution >= 4 is 5.84 Å². The molecule has 1 fully saturated rings. The molecule has 2 rings (SSSR count). The molecule has 1 aromatic carbocycles. The Labute approximate surface area is 121 Å². The molecule has 1 atom stereocenters. The highest BCUT2D eigenvalue weighted by atomic mass is 19.4. The van der Waals surface area contributed by atoms with E-state index < -0.39 is 11.7 Å². The third kappa shape index (κ3) is 3.87. The van der Waals surface area contributed by atoms with Gasteiger partial charge in [0.15, 0.2) is 5.84 Å². The number of oxime groups is 1. The quantitative estimate of drug-likeness (QED) is 0.390. The van der Waals surface area contributed by atoms with Gasteiger partial charge in [-0.3, -0.25) is 4.90 Å². The first-order valence-corrected chi connectivity index (χ1v) is 6.79. The lowest BCUT2D eigenvalue weighted by molar-refractivity contribution is -0.137. The summed E-state index contributed by atoms with van der Waals surface area (Å²) in [5, 5.41) is 11.8. The molecule has 1 aliphatic rings. The second-order valence-electron chi connectivity index (χ2n) is 5.21. The molecule has 4 nitrogen and oxygen atoms in total. The molecular formula is C14H18F3N3O. The molecule has 116 valence electrons. The summed E-state index contributed by atoms with van der Waals surface area (Å²) in [4.78, 5) is 1.95. The Hall–Kier alpha value is -1.76. The predicted molar refractivity (Wildman–Crippen MR) is 72.9 cm³/mol. The molecule has 1 saturated heterocycles. The summed E-state index contributed by atoms with van der Waals surface area (Å²) in [5.74, 6) is 0.113. The van der Waals surface area contributed by atoms with E-state index in [0.29, 0.717) is 12.1 Å². The number of rotatable bonds is 3. The number of hydrogen-bond donors (Lipinski definition) is 2. The number of likely N-dealkylation sites (tertiary alicyclic amines) is 1. The molecule has 0 aliphatic carbocycles. The van der Waals surface area contributed by atoms with Gasteiger partial charge in [0.25, 0.3) is 0 Å². The number of hydrogen-bond acceptors (Lipinski definition) is 3. The molecule has 0 aromatic heterocycles. The second-order valence-corrected chi connectivity index (χ2v) is 5.21. The van der Waals surface area contributed by atoms with E-state index in [4.69, 9.17) is 10.9 Å². The lowest BCUT2D eigenvalue weighted by Gasteiger charge is -2.34. The molecule has 0 saturated carbocycles. The van der Waals surface area contributed by atoms with Crippen molar-refractivity contribution in [1.29, 1.82) is 0 Å². The van der Waals surface area contributed by atoms with E-state index in [-0.39, 0.29) is 11.9 Å². The highest BCUT2D eigenvalue weighted by Gasteiger charge is 2.31. The van der Waals surface area contributed by atoms with Gasteiger partial charge in [0.1, 0.15) is 0 Å². The summed E-state index contributed by atoms with van der Waals surface area (Å²) >= 11 is 0. The Balaban J connectivity index is 2.16. The molecule has 1 heterocycles. The van der Waals surface area contributed by atoms with Crippen molar-refractivity contribution in [2.45, 2.75) is 38.0 Å². The third-order valence-corrected chi connectivity index (χ3v) is 3.71. The highest BCUT2D eigenvalue weighted by Crippen LogP contribution is 2.30. The maximum Gasteiger partial charge on any atom is 0.416 e. The van der Waals surface area contributed by atoms with Crippen molar-refractivity contribution in [3.8, 4) is 0 Å². The molecule has 1 unspecified atom stereocenters. The lowest BCUT2D eigenvalue weighted by atomic mass is 10.00. The summed E-state index contributed by atoms with van der Waals surface area (Å²) < 4.78 is 38.2. The SMILES string of the molecule is NC(=NO)C1CCCCN1Cc1cccc(C(F)(F)F)c1. The standard InChI is InChI=1S/C14H18F3N3O/c15-14(16,17)11-5-3-4-10(8-11)9-20-7-2-1-6-12(20)13(18)19-21/h3-5,8,12,21H,1-2,6-7,9H2,(H2,18,19). The fourth-order valence-corrected chi connectivity index (χ4v) is 2.66. The van der Waals surface area contributed by atoms with Gasteiger partial charge in [0.2, 0.25) is 0 Å². The second kappa shape index (κ2) is 6.34. The fourth-order valence-electron chi connectivity index (χ4n) is 2.66. The van der Waals surface area contributed by atoms with Crippen LogP contribution in [0.2, 0.25) is 0 Å². The number of nitrogens with two attached hydrogens (primary N) is 1. The van der Waals surface area contributed by atoms with Crippen molar-refractivity contribution in [3.05, 3.63) is 35.4 Å². The Morgan fingerprint density at radius 2 is 2.14 bits per heavy atom. The maximum atomic E-state index is 12.7. The Kier molecular flexibility index (Phi) is 4.72. The fraction of sp³-hybridized carbons (Fsp3) is 0.500. The highest BCUT2D eigenvalue weighted by molar-refractivity contribution is 5.85. The topological polar surface area (TPSA) is 61.9 Å². The van der Waals surface area contributed by atoms with E-state index in [0.717, 1.165) is 37.9 Å². The van der Waals surface area contributed by atoms with Crippen LogP contribution in [0.1, 0.15) is 30.4 Å². The van der Waals surface area contributed by atoms with Gasteiger partial charge in [0.05, 0.1) is 11.6 Å². The molecule has 0 radical (unpaired) electrons. The van der Waals surface area contributed by atoms with Gasteiger partial charge in [-0.25, -0.2) is 0 Å². The normalized spacial score (nSPS) is 21.5. The van der Waals surface area contributed by atoms with Gasteiger partial charge in [-0.05, 0) is 31.0 Å². The van der Waals surface area contributed by atoms with Crippen LogP contribution in [-0.4, -0.2) is 28.5 Å². The average Bonchev–Trinajstić information content (AvgIpc) is 2.46. The van der Waals surface area contributed by atoms with Crippen LogP contribution in [0.3, 0.4) is 0 Å². The van der Waals surface area contributed by atoms with Gasteiger partial charge in [-0.2, -0.15) is 13.2 Å². The third-order valence-electron chi connectivity index (χ3n) is 3.71. The van der Waals surface area contributed by atoms with Crippen molar-refractivity contribution in [1.82, 2.24) is 4.90 Å². The first kappa shape index (κ1) is 15.6. The Morgan fingerprint density at radius 3 is 2.81 bits per heavy atom. The van der Waals surface area contributed by atoms with E-state index >= 15 is 0 Å². The first-order valence-electron chi connectivity index (χ1n) is 6.79. The van der Waals surface area contributed by atoms with Crippen molar-refractivity contribution < 1.29 is 18.4 Å². The van der Waals surface area contributed by atoms with Crippen LogP contribution in [0.5, 0.6) is 0 Å². The number of piperidine rings is 1. The van der Waals surface area contributed by atoms with E-state index in [9.17, 15) is 13.2 Å². The summed E-state index contributed by atoms with van der Waals surface area (Å²) in [7, 11) is 0. The van der Waals surface area contributed by atoms with Gasteiger partial charge in [0, 0.05) is 6.54 Å². The number of nitrogens with zero attached hydrogens (tertiary/aromatic N) is 2. The van der Waals surface area contributed by atoms with Gasteiger partial charge < -0.3 is 10.9 Å². The molecule has 21 heavy (non-hydrogen) atoms. The molecule has 0 bridgehead atoms. The summed E-state index contributed by atoms with van der Waals surface area (Å²) in [6.45, 7) is 1.07. The largest absolute Gasteiger partial charge is 0.416 e. The van der Waals surface area contributed by atoms with Crippen molar-refractivity contribution in [2.24, 2.45) is 10.9 Å². The Bertz CT molecular complexity index is 516. The Morgan fingerprint density at radius 1 is 1.38 bits per heavy atom. The minimum Gasteiger partial charge on any atom is -0.409 e. The molecule has 1 aliphatic heterocycles. The van der Waals surface area contributed by atoms with Crippen LogP contribution in [0, 0.1) is 0 Å².